The molecule has 128 valence electrons. The van der Waals surface area contributed by atoms with Gasteiger partial charge in [-0.05, 0) is 24.3 Å². The van der Waals surface area contributed by atoms with E-state index >= 15 is 0 Å². The van der Waals surface area contributed by atoms with Crippen LogP contribution < -0.4 is 5.32 Å². The topological polar surface area (TPSA) is 68.0 Å². The molecule has 1 aromatic heterocycles. The van der Waals surface area contributed by atoms with Crippen LogP contribution in [0, 0.1) is 5.82 Å². The molecule has 0 aliphatic heterocycles. The first kappa shape index (κ1) is 17.4. The zero-order chi connectivity index (χ0) is 17.8. The van der Waals surface area contributed by atoms with E-state index < -0.39 is 11.7 Å². The number of rotatable bonds is 5. The number of carbonyl (C=O) groups is 1. The third kappa shape index (κ3) is 4.15. The molecule has 0 fully saturated rings. The lowest BCUT2D eigenvalue weighted by Crippen LogP contribution is -2.26. The van der Waals surface area contributed by atoms with Crippen LogP contribution >= 0.6 is 23.2 Å². The lowest BCUT2D eigenvalue weighted by atomic mass is 10.2. The highest BCUT2D eigenvalue weighted by atomic mass is 35.5. The molecule has 3 rings (SSSR count). The van der Waals surface area contributed by atoms with Crippen molar-refractivity contribution >= 4 is 29.1 Å². The van der Waals surface area contributed by atoms with Gasteiger partial charge < -0.3 is 9.84 Å². The zero-order valence-corrected chi connectivity index (χ0v) is 14.3. The minimum atomic E-state index is -0.748. The smallest absolute Gasteiger partial charge is 0.254 e. The van der Waals surface area contributed by atoms with Crippen molar-refractivity contribution in [1.82, 2.24) is 15.5 Å². The number of hydrogen-bond donors (Lipinski definition) is 1. The fourth-order valence-corrected chi connectivity index (χ4v) is 2.52. The summed E-state index contributed by atoms with van der Waals surface area (Å²) in [6.07, 6.45) is 0.307. The number of amides is 1. The molecule has 0 atom stereocenters. The number of nitrogens with zero attached hydrogens (tertiary/aromatic N) is 2. The summed E-state index contributed by atoms with van der Waals surface area (Å²) in [6, 6.07) is 11.3. The molecule has 0 saturated carbocycles. The van der Waals surface area contributed by atoms with Gasteiger partial charge in [-0.25, -0.2) is 4.39 Å². The van der Waals surface area contributed by atoms with Crippen LogP contribution in [0.4, 0.5) is 4.39 Å². The van der Waals surface area contributed by atoms with Crippen molar-refractivity contribution in [2.24, 2.45) is 0 Å². The van der Waals surface area contributed by atoms with E-state index in [2.05, 4.69) is 15.5 Å². The molecule has 1 heterocycles. The first-order valence-electron chi connectivity index (χ1n) is 7.35. The van der Waals surface area contributed by atoms with E-state index in [9.17, 15) is 9.18 Å². The molecular weight excluding hydrogens is 368 g/mol. The molecule has 1 amide bonds. The van der Waals surface area contributed by atoms with Gasteiger partial charge in [-0.3, -0.25) is 4.79 Å². The maximum Gasteiger partial charge on any atom is 0.254 e. The van der Waals surface area contributed by atoms with Crippen LogP contribution in [0.2, 0.25) is 10.0 Å². The molecule has 5 nitrogen and oxygen atoms in total. The van der Waals surface area contributed by atoms with Gasteiger partial charge in [-0.15, -0.1) is 0 Å². The van der Waals surface area contributed by atoms with Gasteiger partial charge >= 0.3 is 0 Å². The lowest BCUT2D eigenvalue weighted by Gasteiger charge is -2.05. The van der Waals surface area contributed by atoms with Gasteiger partial charge in [0.05, 0.1) is 10.6 Å². The predicted octanol–water partition coefficient (Wildman–Crippen LogP) is 4.16. The van der Waals surface area contributed by atoms with Gasteiger partial charge in [0.2, 0.25) is 11.7 Å². The number of halogens is 3. The highest BCUT2D eigenvalue weighted by molar-refractivity contribution is 6.31. The Balaban J connectivity index is 1.59. The van der Waals surface area contributed by atoms with Crippen molar-refractivity contribution in [3.05, 3.63) is 69.8 Å². The van der Waals surface area contributed by atoms with E-state index in [1.54, 1.807) is 18.2 Å². The summed E-state index contributed by atoms with van der Waals surface area (Å²) in [7, 11) is 0. The first-order valence-corrected chi connectivity index (χ1v) is 8.11. The van der Waals surface area contributed by atoms with Crippen LogP contribution in [0.25, 0.3) is 11.4 Å². The maximum atomic E-state index is 13.8. The normalized spacial score (nSPS) is 10.7. The van der Waals surface area contributed by atoms with Gasteiger partial charge in [-0.2, -0.15) is 4.98 Å². The van der Waals surface area contributed by atoms with Crippen molar-refractivity contribution in [1.29, 1.82) is 0 Å². The van der Waals surface area contributed by atoms with Crippen molar-refractivity contribution in [3.8, 4) is 11.4 Å². The summed E-state index contributed by atoms with van der Waals surface area (Å²) in [6.45, 7) is 0.210. The molecule has 25 heavy (non-hydrogen) atoms. The summed E-state index contributed by atoms with van der Waals surface area (Å²) in [5.41, 5.74) is 0.616. The van der Waals surface area contributed by atoms with Crippen molar-refractivity contribution in [2.45, 2.75) is 6.42 Å². The predicted molar refractivity (Wildman–Crippen MR) is 92.2 cm³/mol. The van der Waals surface area contributed by atoms with Gasteiger partial charge in [0.1, 0.15) is 0 Å². The van der Waals surface area contributed by atoms with Crippen LogP contribution in [0.3, 0.4) is 0 Å². The van der Waals surface area contributed by atoms with Crippen molar-refractivity contribution in [2.75, 3.05) is 6.54 Å². The Morgan fingerprint density at radius 3 is 2.80 bits per heavy atom. The Hall–Kier alpha value is -2.44. The minimum Gasteiger partial charge on any atom is -0.351 e. The summed E-state index contributed by atoms with van der Waals surface area (Å²) >= 11 is 11.6. The molecule has 0 bridgehead atoms. The third-order valence-electron chi connectivity index (χ3n) is 3.37. The number of carbonyl (C=O) groups excluding carboxylic acids is 1. The molecular formula is C17H12Cl2FN3O2. The SMILES string of the molecule is O=C(NCCc1nc(-c2cccc(Cl)c2)no1)c1cccc(Cl)c1F. The molecule has 0 aliphatic carbocycles. The van der Waals surface area contributed by atoms with Crippen LogP contribution in [-0.4, -0.2) is 22.6 Å². The van der Waals surface area contributed by atoms with E-state index in [1.165, 1.54) is 18.2 Å². The lowest BCUT2D eigenvalue weighted by molar-refractivity contribution is 0.0949. The summed E-state index contributed by atoms with van der Waals surface area (Å²) in [4.78, 5) is 16.2. The number of aromatic nitrogens is 2. The quantitative estimate of drug-likeness (QED) is 0.722. The van der Waals surface area contributed by atoms with Gasteiger partial charge in [-0.1, -0.05) is 46.6 Å². The van der Waals surface area contributed by atoms with E-state index in [0.717, 1.165) is 5.56 Å². The molecule has 0 unspecified atom stereocenters. The second kappa shape index (κ2) is 7.63. The van der Waals surface area contributed by atoms with E-state index in [4.69, 9.17) is 27.7 Å². The first-order chi connectivity index (χ1) is 12.0. The average Bonchev–Trinajstić information content (AvgIpc) is 3.06. The molecule has 0 spiro atoms. The molecule has 2 aromatic carbocycles. The fourth-order valence-electron chi connectivity index (χ4n) is 2.16. The largest absolute Gasteiger partial charge is 0.351 e. The molecule has 0 aliphatic rings. The Morgan fingerprint density at radius 1 is 1.20 bits per heavy atom. The van der Waals surface area contributed by atoms with Gasteiger partial charge in [0.15, 0.2) is 5.82 Å². The van der Waals surface area contributed by atoms with E-state index in [0.29, 0.717) is 23.2 Å². The Bertz CT molecular complexity index is 914. The standard InChI is InChI=1S/C17H12Cl2FN3O2/c18-11-4-1-3-10(9-11)16-22-14(25-23-16)7-8-21-17(24)12-5-2-6-13(19)15(12)20/h1-6,9H,7-8H2,(H,21,24). The van der Waals surface area contributed by atoms with Crippen molar-refractivity contribution < 1.29 is 13.7 Å². The van der Waals surface area contributed by atoms with E-state index in [1.807, 2.05) is 6.07 Å². The van der Waals surface area contributed by atoms with Crippen LogP contribution in [0.15, 0.2) is 47.0 Å². The molecule has 0 radical (unpaired) electrons. The monoisotopic (exact) mass is 379 g/mol. The minimum absolute atomic E-state index is 0.101. The maximum absolute atomic E-state index is 13.8. The second-order valence-electron chi connectivity index (χ2n) is 5.13. The van der Waals surface area contributed by atoms with Crippen LogP contribution in [0.5, 0.6) is 0 Å². The van der Waals surface area contributed by atoms with Crippen molar-refractivity contribution in [3.63, 3.8) is 0 Å². The van der Waals surface area contributed by atoms with Crippen LogP contribution in [0.1, 0.15) is 16.2 Å². The number of nitrogens with one attached hydrogen (secondary N) is 1. The highest BCUT2D eigenvalue weighted by Gasteiger charge is 2.14. The second-order valence-corrected chi connectivity index (χ2v) is 5.97. The Kier molecular flexibility index (Phi) is 5.31. The Morgan fingerprint density at radius 2 is 2.00 bits per heavy atom. The van der Waals surface area contributed by atoms with Crippen LogP contribution in [-0.2, 0) is 6.42 Å². The summed E-state index contributed by atoms with van der Waals surface area (Å²) < 4.78 is 18.9. The molecule has 0 saturated heterocycles. The number of benzene rings is 2. The highest BCUT2D eigenvalue weighted by Crippen LogP contribution is 2.20. The van der Waals surface area contributed by atoms with Gasteiger partial charge in [0, 0.05) is 23.6 Å². The molecule has 1 N–H and O–H groups in total. The van der Waals surface area contributed by atoms with E-state index in [-0.39, 0.29) is 17.1 Å². The van der Waals surface area contributed by atoms with Gasteiger partial charge in [0.25, 0.3) is 5.91 Å². The number of hydrogen-bond acceptors (Lipinski definition) is 4. The summed E-state index contributed by atoms with van der Waals surface area (Å²) in [5.74, 6) is -0.552. The molecule has 3 aromatic rings. The fraction of sp³-hybridized carbons (Fsp3) is 0.118. The zero-order valence-electron chi connectivity index (χ0n) is 12.8. The third-order valence-corrected chi connectivity index (χ3v) is 3.90. The molecule has 8 heteroatoms. The summed E-state index contributed by atoms with van der Waals surface area (Å²) in [5, 5.41) is 6.93. The average molecular weight is 380 g/mol. The Labute approximate surface area is 152 Å².